The summed E-state index contributed by atoms with van der Waals surface area (Å²) in [5.74, 6) is 1.34. The predicted octanol–water partition coefficient (Wildman–Crippen LogP) is 5.10. The lowest BCUT2D eigenvalue weighted by atomic mass is 10.1. The van der Waals surface area contributed by atoms with Crippen molar-refractivity contribution in [1.29, 1.82) is 0 Å². The average Bonchev–Trinajstić information content (AvgIpc) is 3.17. The number of nitrogens with zero attached hydrogens (tertiary/aromatic N) is 1. The largest absolute Gasteiger partial charge is 0.455 e. The molecule has 4 rings (SSSR count). The number of ether oxygens (including phenoxy) is 1. The SMILES string of the molecule is Cc1ccc(Oc2ccccc2NC(=O)Cc2ccc(N3CCCC3=O)cc2)cc1. The van der Waals surface area contributed by atoms with E-state index in [1.807, 2.05) is 79.7 Å². The molecule has 0 spiro atoms. The van der Waals surface area contributed by atoms with E-state index in [1.54, 1.807) is 4.90 Å². The number of hydrogen-bond donors (Lipinski definition) is 1. The first-order valence-electron chi connectivity index (χ1n) is 10.1. The van der Waals surface area contributed by atoms with E-state index in [4.69, 9.17) is 4.74 Å². The lowest BCUT2D eigenvalue weighted by molar-refractivity contribution is -0.117. The van der Waals surface area contributed by atoms with Crippen LogP contribution in [0.5, 0.6) is 11.5 Å². The minimum Gasteiger partial charge on any atom is -0.455 e. The van der Waals surface area contributed by atoms with Crippen LogP contribution >= 0.6 is 0 Å². The Morgan fingerprint density at radius 3 is 2.43 bits per heavy atom. The zero-order chi connectivity index (χ0) is 20.9. The van der Waals surface area contributed by atoms with Crippen LogP contribution in [0.1, 0.15) is 24.0 Å². The molecule has 0 aromatic heterocycles. The van der Waals surface area contributed by atoms with Crippen molar-refractivity contribution in [1.82, 2.24) is 0 Å². The summed E-state index contributed by atoms with van der Waals surface area (Å²) in [4.78, 5) is 26.3. The van der Waals surface area contributed by atoms with E-state index in [-0.39, 0.29) is 18.2 Å². The third kappa shape index (κ3) is 4.69. The van der Waals surface area contributed by atoms with Gasteiger partial charge in [-0.15, -0.1) is 0 Å². The van der Waals surface area contributed by atoms with E-state index in [0.717, 1.165) is 29.8 Å². The van der Waals surface area contributed by atoms with Crippen LogP contribution in [0.15, 0.2) is 72.8 Å². The van der Waals surface area contributed by atoms with E-state index in [0.29, 0.717) is 23.6 Å². The summed E-state index contributed by atoms with van der Waals surface area (Å²) >= 11 is 0. The molecule has 5 nitrogen and oxygen atoms in total. The summed E-state index contributed by atoms with van der Waals surface area (Å²) in [5.41, 5.74) is 3.56. The van der Waals surface area contributed by atoms with Crippen LogP contribution in [0.2, 0.25) is 0 Å². The van der Waals surface area contributed by atoms with Gasteiger partial charge in [-0.25, -0.2) is 0 Å². The molecule has 1 aliphatic rings. The summed E-state index contributed by atoms with van der Waals surface area (Å²) < 4.78 is 5.95. The van der Waals surface area contributed by atoms with Crippen LogP contribution in [-0.4, -0.2) is 18.4 Å². The van der Waals surface area contributed by atoms with E-state index < -0.39 is 0 Å². The van der Waals surface area contributed by atoms with Crippen LogP contribution in [0, 0.1) is 6.92 Å². The van der Waals surface area contributed by atoms with Crippen LogP contribution in [-0.2, 0) is 16.0 Å². The Bertz CT molecular complexity index is 1040. The van der Waals surface area contributed by atoms with Gasteiger partial charge in [0, 0.05) is 18.7 Å². The molecule has 1 aliphatic heterocycles. The van der Waals surface area contributed by atoms with Gasteiger partial charge in [-0.3, -0.25) is 9.59 Å². The minimum absolute atomic E-state index is 0.125. The highest BCUT2D eigenvalue weighted by Crippen LogP contribution is 2.29. The molecule has 0 radical (unpaired) electrons. The minimum atomic E-state index is -0.125. The number of carbonyl (C=O) groups excluding carboxylic acids is 2. The zero-order valence-corrected chi connectivity index (χ0v) is 16.9. The zero-order valence-electron chi connectivity index (χ0n) is 16.9. The molecule has 0 unspecified atom stereocenters. The van der Waals surface area contributed by atoms with E-state index in [9.17, 15) is 9.59 Å². The molecular formula is C25H24N2O3. The first-order valence-corrected chi connectivity index (χ1v) is 10.1. The number of nitrogens with one attached hydrogen (secondary N) is 1. The molecule has 3 aromatic carbocycles. The number of hydrogen-bond acceptors (Lipinski definition) is 3. The number of aryl methyl sites for hydroxylation is 1. The summed E-state index contributed by atoms with van der Waals surface area (Å²) in [7, 11) is 0. The fraction of sp³-hybridized carbons (Fsp3) is 0.200. The molecule has 1 heterocycles. The van der Waals surface area contributed by atoms with Gasteiger partial charge in [-0.1, -0.05) is 42.0 Å². The maximum atomic E-state index is 12.6. The smallest absolute Gasteiger partial charge is 0.228 e. The van der Waals surface area contributed by atoms with Crippen molar-refractivity contribution in [3.8, 4) is 11.5 Å². The Labute approximate surface area is 176 Å². The third-order valence-corrected chi connectivity index (χ3v) is 5.10. The number of para-hydroxylation sites is 2. The lowest BCUT2D eigenvalue weighted by Gasteiger charge is -2.16. The van der Waals surface area contributed by atoms with Crippen LogP contribution in [0.4, 0.5) is 11.4 Å². The predicted molar refractivity (Wildman–Crippen MR) is 118 cm³/mol. The molecule has 3 aromatic rings. The second-order valence-electron chi connectivity index (χ2n) is 7.45. The van der Waals surface area contributed by atoms with Crippen molar-refractivity contribution in [3.05, 3.63) is 83.9 Å². The summed E-state index contributed by atoms with van der Waals surface area (Å²) in [6.45, 7) is 2.78. The molecule has 30 heavy (non-hydrogen) atoms. The first kappa shape index (κ1) is 19.7. The first-order chi connectivity index (χ1) is 14.6. The Balaban J connectivity index is 1.40. The molecule has 2 amide bonds. The highest BCUT2D eigenvalue weighted by Gasteiger charge is 2.21. The summed E-state index contributed by atoms with van der Waals surface area (Å²) in [6.07, 6.45) is 1.74. The van der Waals surface area contributed by atoms with Crippen molar-refractivity contribution in [2.75, 3.05) is 16.8 Å². The second kappa shape index (κ2) is 8.82. The monoisotopic (exact) mass is 400 g/mol. The Morgan fingerprint density at radius 2 is 1.73 bits per heavy atom. The van der Waals surface area contributed by atoms with Crippen LogP contribution in [0.25, 0.3) is 0 Å². The van der Waals surface area contributed by atoms with Crippen LogP contribution < -0.4 is 15.0 Å². The molecule has 1 saturated heterocycles. The molecule has 0 atom stereocenters. The second-order valence-corrected chi connectivity index (χ2v) is 7.45. The van der Waals surface area contributed by atoms with Crippen molar-refractivity contribution >= 4 is 23.2 Å². The Morgan fingerprint density at radius 1 is 1.00 bits per heavy atom. The third-order valence-electron chi connectivity index (χ3n) is 5.10. The molecular weight excluding hydrogens is 376 g/mol. The lowest BCUT2D eigenvalue weighted by Crippen LogP contribution is -2.23. The van der Waals surface area contributed by atoms with E-state index in [2.05, 4.69) is 5.32 Å². The molecule has 0 saturated carbocycles. The summed E-state index contributed by atoms with van der Waals surface area (Å²) in [5, 5.41) is 2.94. The molecule has 0 bridgehead atoms. The molecule has 1 fully saturated rings. The van der Waals surface area contributed by atoms with Gasteiger partial charge in [-0.2, -0.15) is 0 Å². The van der Waals surface area contributed by atoms with Crippen molar-refractivity contribution in [3.63, 3.8) is 0 Å². The number of carbonyl (C=O) groups is 2. The van der Waals surface area contributed by atoms with Gasteiger partial charge in [0.1, 0.15) is 5.75 Å². The molecule has 0 aliphatic carbocycles. The van der Waals surface area contributed by atoms with E-state index >= 15 is 0 Å². The topological polar surface area (TPSA) is 58.6 Å². The van der Waals surface area contributed by atoms with Gasteiger partial charge in [-0.05, 0) is 55.3 Å². The maximum absolute atomic E-state index is 12.6. The fourth-order valence-electron chi connectivity index (χ4n) is 3.49. The summed E-state index contributed by atoms with van der Waals surface area (Å²) in [6, 6.07) is 22.8. The Kier molecular flexibility index (Phi) is 5.80. The standard InChI is InChI=1S/C25H24N2O3/c1-18-8-14-21(15-9-18)30-23-6-3-2-5-22(23)26-24(28)17-19-10-12-20(13-11-19)27-16-4-7-25(27)29/h2-3,5-6,8-15H,4,7,16-17H2,1H3,(H,26,28). The van der Waals surface area contributed by atoms with Gasteiger partial charge < -0.3 is 15.0 Å². The van der Waals surface area contributed by atoms with Gasteiger partial charge in [0.2, 0.25) is 11.8 Å². The number of rotatable bonds is 6. The van der Waals surface area contributed by atoms with Gasteiger partial charge >= 0.3 is 0 Å². The van der Waals surface area contributed by atoms with Crippen molar-refractivity contribution in [2.24, 2.45) is 0 Å². The Hall–Kier alpha value is -3.60. The van der Waals surface area contributed by atoms with Crippen molar-refractivity contribution in [2.45, 2.75) is 26.2 Å². The van der Waals surface area contributed by atoms with Gasteiger partial charge in [0.05, 0.1) is 12.1 Å². The maximum Gasteiger partial charge on any atom is 0.228 e. The van der Waals surface area contributed by atoms with Crippen LogP contribution in [0.3, 0.4) is 0 Å². The van der Waals surface area contributed by atoms with Gasteiger partial charge in [0.25, 0.3) is 0 Å². The highest BCUT2D eigenvalue weighted by atomic mass is 16.5. The average molecular weight is 400 g/mol. The normalized spacial score (nSPS) is 13.4. The molecule has 5 heteroatoms. The highest BCUT2D eigenvalue weighted by molar-refractivity contribution is 5.96. The quantitative estimate of drug-likeness (QED) is 0.627. The molecule has 1 N–H and O–H groups in total. The van der Waals surface area contributed by atoms with Crippen molar-refractivity contribution < 1.29 is 14.3 Å². The fourth-order valence-corrected chi connectivity index (χ4v) is 3.49. The van der Waals surface area contributed by atoms with E-state index in [1.165, 1.54) is 0 Å². The number of anilines is 2. The number of benzene rings is 3. The number of amides is 2. The van der Waals surface area contributed by atoms with Gasteiger partial charge in [0.15, 0.2) is 5.75 Å². The molecule has 152 valence electrons.